The molecular formula is C20H22N2O4Zn. The van der Waals surface area contributed by atoms with Gasteiger partial charge in [0.1, 0.15) is 0 Å². The molecule has 0 radical (unpaired) electrons. The summed E-state index contributed by atoms with van der Waals surface area (Å²) in [5, 5.41) is 22.1. The molecular weight excluding hydrogens is 398 g/mol. The Bertz CT molecular complexity index is 636. The molecule has 0 saturated heterocycles. The van der Waals surface area contributed by atoms with Crippen molar-refractivity contribution >= 4 is 11.9 Å². The van der Waals surface area contributed by atoms with Crippen LogP contribution in [0.1, 0.15) is 11.1 Å². The molecule has 27 heavy (non-hydrogen) atoms. The fourth-order valence-electron chi connectivity index (χ4n) is 2.76. The molecule has 0 heterocycles. The van der Waals surface area contributed by atoms with E-state index in [0.717, 1.165) is 11.1 Å². The van der Waals surface area contributed by atoms with Crippen LogP contribution in [-0.4, -0.2) is 47.9 Å². The van der Waals surface area contributed by atoms with E-state index in [0.29, 0.717) is 26.2 Å². The Kier molecular flexibility index (Phi) is 10.5. The van der Waals surface area contributed by atoms with Gasteiger partial charge < -0.3 is 19.8 Å². The van der Waals surface area contributed by atoms with Gasteiger partial charge in [0.25, 0.3) is 0 Å². The van der Waals surface area contributed by atoms with Gasteiger partial charge in [-0.05, 0) is 11.1 Å². The average Bonchev–Trinajstić information content (AvgIpc) is 2.60. The standard InChI is InChI=1S/C20H24N2O4.Zn/c23-19(24)15-21(13-17-7-3-1-4-8-17)11-12-22(16-20(25)26)14-18-9-5-2-6-10-18;/h1-10H,11-16H2,(H,23,24)(H,25,26);/q;+2/p-2. The van der Waals surface area contributed by atoms with Gasteiger partial charge in [0.05, 0.1) is 11.9 Å². The predicted molar refractivity (Wildman–Crippen MR) is 93.5 cm³/mol. The summed E-state index contributed by atoms with van der Waals surface area (Å²) in [6.07, 6.45) is 0. The van der Waals surface area contributed by atoms with Crippen LogP contribution in [0, 0.1) is 0 Å². The van der Waals surface area contributed by atoms with E-state index < -0.39 is 11.9 Å². The Balaban J connectivity index is 0.00000364. The molecule has 0 unspecified atom stereocenters. The summed E-state index contributed by atoms with van der Waals surface area (Å²) in [6.45, 7) is 1.31. The van der Waals surface area contributed by atoms with Gasteiger partial charge in [-0.15, -0.1) is 0 Å². The maximum Gasteiger partial charge on any atom is 2.00 e. The van der Waals surface area contributed by atoms with Gasteiger partial charge in [-0.25, -0.2) is 0 Å². The zero-order valence-corrected chi connectivity index (χ0v) is 18.2. The van der Waals surface area contributed by atoms with Crippen LogP contribution in [-0.2, 0) is 42.2 Å². The second kappa shape index (κ2) is 12.3. The van der Waals surface area contributed by atoms with Crippen LogP contribution in [0.3, 0.4) is 0 Å². The van der Waals surface area contributed by atoms with Crippen molar-refractivity contribution in [3.8, 4) is 0 Å². The van der Waals surface area contributed by atoms with Crippen molar-refractivity contribution in [2.45, 2.75) is 13.1 Å². The molecule has 0 atom stereocenters. The third kappa shape index (κ3) is 9.43. The summed E-state index contributed by atoms with van der Waals surface area (Å²) < 4.78 is 0. The summed E-state index contributed by atoms with van der Waals surface area (Å²) >= 11 is 0. The molecule has 2 aromatic carbocycles. The smallest absolute Gasteiger partial charge is 0.549 e. The zero-order valence-electron chi connectivity index (χ0n) is 15.3. The number of rotatable bonds is 11. The fraction of sp³-hybridized carbons (Fsp3) is 0.300. The Labute approximate surface area is 172 Å². The molecule has 0 saturated carbocycles. The topological polar surface area (TPSA) is 86.7 Å². The molecule has 0 aliphatic heterocycles. The molecule has 0 bridgehead atoms. The molecule has 0 aliphatic rings. The van der Waals surface area contributed by atoms with E-state index in [-0.39, 0.29) is 32.6 Å². The van der Waals surface area contributed by atoms with E-state index in [9.17, 15) is 19.8 Å². The Morgan fingerprint density at radius 3 is 1.30 bits per heavy atom. The molecule has 0 amide bonds. The van der Waals surface area contributed by atoms with Crippen LogP contribution in [0.4, 0.5) is 0 Å². The second-order valence-corrected chi connectivity index (χ2v) is 6.14. The third-order valence-electron chi connectivity index (χ3n) is 3.94. The number of hydrogen-bond acceptors (Lipinski definition) is 6. The van der Waals surface area contributed by atoms with Crippen molar-refractivity contribution in [2.75, 3.05) is 26.2 Å². The van der Waals surface area contributed by atoms with Crippen LogP contribution in [0.25, 0.3) is 0 Å². The van der Waals surface area contributed by atoms with Gasteiger partial charge in [-0.1, -0.05) is 60.7 Å². The Morgan fingerprint density at radius 1 is 0.667 bits per heavy atom. The number of aliphatic carboxylic acids is 2. The molecule has 138 valence electrons. The molecule has 0 aromatic heterocycles. The molecule has 0 aliphatic carbocycles. The zero-order chi connectivity index (χ0) is 18.8. The number of nitrogens with zero attached hydrogens (tertiary/aromatic N) is 2. The molecule has 2 rings (SSSR count). The van der Waals surface area contributed by atoms with Crippen molar-refractivity contribution < 1.29 is 39.3 Å². The fourth-order valence-corrected chi connectivity index (χ4v) is 2.76. The molecule has 0 N–H and O–H groups in total. The van der Waals surface area contributed by atoms with Gasteiger partial charge in [0.2, 0.25) is 0 Å². The minimum Gasteiger partial charge on any atom is -0.549 e. The van der Waals surface area contributed by atoms with Gasteiger partial charge in [0.15, 0.2) is 0 Å². The second-order valence-electron chi connectivity index (χ2n) is 6.14. The van der Waals surface area contributed by atoms with E-state index in [1.807, 2.05) is 60.7 Å². The van der Waals surface area contributed by atoms with E-state index in [2.05, 4.69) is 0 Å². The number of carbonyl (C=O) groups excluding carboxylic acids is 2. The summed E-state index contributed by atoms with van der Waals surface area (Å²) in [7, 11) is 0. The first-order chi connectivity index (χ1) is 12.5. The minimum atomic E-state index is -1.16. The van der Waals surface area contributed by atoms with Crippen LogP contribution < -0.4 is 10.2 Å². The summed E-state index contributed by atoms with van der Waals surface area (Å²) in [5.74, 6) is -2.31. The van der Waals surface area contributed by atoms with Gasteiger partial charge in [0, 0.05) is 39.3 Å². The largest absolute Gasteiger partial charge is 2.00 e. The molecule has 6 nitrogen and oxygen atoms in total. The summed E-state index contributed by atoms with van der Waals surface area (Å²) in [5.41, 5.74) is 1.98. The van der Waals surface area contributed by atoms with Crippen molar-refractivity contribution in [3.63, 3.8) is 0 Å². The average molecular weight is 420 g/mol. The van der Waals surface area contributed by atoms with Gasteiger partial charge in [-0.2, -0.15) is 0 Å². The van der Waals surface area contributed by atoms with Crippen molar-refractivity contribution in [1.29, 1.82) is 0 Å². The number of benzene rings is 2. The first kappa shape index (κ1) is 23.0. The summed E-state index contributed by atoms with van der Waals surface area (Å²) in [4.78, 5) is 25.6. The number of carboxylic acids is 2. The first-order valence-electron chi connectivity index (χ1n) is 8.45. The molecule has 7 heteroatoms. The summed E-state index contributed by atoms with van der Waals surface area (Å²) in [6, 6.07) is 19.1. The maximum absolute atomic E-state index is 11.0. The van der Waals surface area contributed by atoms with Crippen LogP contribution in [0.15, 0.2) is 60.7 Å². The Morgan fingerprint density at radius 2 is 1.00 bits per heavy atom. The number of hydrogen-bond donors (Lipinski definition) is 0. The minimum absolute atomic E-state index is 0. The first-order valence-corrected chi connectivity index (χ1v) is 8.45. The van der Waals surface area contributed by atoms with Crippen LogP contribution in [0.5, 0.6) is 0 Å². The van der Waals surface area contributed by atoms with E-state index >= 15 is 0 Å². The number of carbonyl (C=O) groups is 2. The molecule has 2 aromatic rings. The third-order valence-corrected chi connectivity index (χ3v) is 3.94. The van der Waals surface area contributed by atoms with E-state index in [4.69, 9.17) is 0 Å². The van der Waals surface area contributed by atoms with Gasteiger partial charge >= 0.3 is 19.5 Å². The monoisotopic (exact) mass is 418 g/mol. The van der Waals surface area contributed by atoms with Crippen molar-refractivity contribution in [3.05, 3.63) is 71.8 Å². The van der Waals surface area contributed by atoms with Gasteiger partial charge in [-0.3, -0.25) is 9.80 Å². The van der Waals surface area contributed by atoms with Crippen LogP contribution in [0.2, 0.25) is 0 Å². The van der Waals surface area contributed by atoms with Crippen molar-refractivity contribution in [2.24, 2.45) is 0 Å². The normalized spacial score (nSPS) is 10.6. The van der Waals surface area contributed by atoms with E-state index in [1.165, 1.54) is 0 Å². The molecule has 0 spiro atoms. The number of carboxylic acid groups (broad SMARTS) is 2. The predicted octanol–water partition coefficient (Wildman–Crippen LogP) is -0.512. The van der Waals surface area contributed by atoms with E-state index in [1.54, 1.807) is 9.80 Å². The van der Waals surface area contributed by atoms with Crippen LogP contribution >= 0.6 is 0 Å². The quantitative estimate of drug-likeness (QED) is 0.456. The Hall–Kier alpha value is -2.08. The maximum atomic E-state index is 11.0. The van der Waals surface area contributed by atoms with Crippen molar-refractivity contribution in [1.82, 2.24) is 9.80 Å². The SMILES string of the molecule is O=C([O-])CN(CCN(CC(=O)[O-])Cc1ccccc1)Cc1ccccc1.[Zn+2]. The molecule has 0 fully saturated rings.